The maximum atomic E-state index is 12.8. The monoisotopic (exact) mass is 400 g/mol. The first-order valence-electron chi connectivity index (χ1n) is 10.3. The van der Waals surface area contributed by atoms with Crippen molar-refractivity contribution in [2.75, 3.05) is 0 Å². The molecule has 29 heavy (non-hydrogen) atoms. The highest BCUT2D eigenvalue weighted by Crippen LogP contribution is 2.43. The van der Waals surface area contributed by atoms with Crippen LogP contribution in [0.15, 0.2) is 57.4 Å². The summed E-state index contributed by atoms with van der Waals surface area (Å²) in [4.78, 5) is 24.4. The maximum absolute atomic E-state index is 12.8. The van der Waals surface area contributed by atoms with Crippen molar-refractivity contribution in [1.82, 2.24) is 0 Å². The molecule has 4 heteroatoms. The summed E-state index contributed by atoms with van der Waals surface area (Å²) in [7, 11) is 0. The molecule has 0 radical (unpaired) electrons. The minimum atomic E-state index is -1.20. The number of carbonyl (C=O) groups excluding carboxylic acids is 1. The third-order valence-corrected chi connectivity index (χ3v) is 5.83. The van der Waals surface area contributed by atoms with Gasteiger partial charge in [0, 0.05) is 5.57 Å². The highest BCUT2D eigenvalue weighted by molar-refractivity contribution is 6.08. The van der Waals surface area contributed by atoms with E-state index < -0.39 is 17.1 Å². The Balaban J connectivity index is 2.84. The molecule has 1 aliphatic carbocycles. The van der Waals surface area contributed by atoms with Crippen molar-refractivity contribution in [1.29, 1.82) is 0 Å². The van der Waals surface area contributed by atoms with Crippen LogP contribution in [0.3, 0.4) is 0 Å². The number of aliphatic hydroxyl groups excluding tert-OH is 1. The van der Waals surface area contributed by atoms with Crippen LogP contribution in [0.25, 0.3) is 0 Å². The molecule has 0 saturated heterocycles. The molecule has 2 N–H and O–H groups in total. The Morgan fingerprint density at radius 1 is 0.966 bits per heavy atom. The van der Waals surface area contributed by atoms with Gasteiger partial charge in [0.25, 0.3) is 0 Å². The molecule has 0 amide bonds. The number of aliphatic hydroxyl groups is 1. The highest BCUT2D eigenvalue weighted by Gasteiger charge is 2.43. The fourth-order valence-electron chi connectivity index (χ4n) is 3.56. The van der Waals surface area contributed by atoms with Crippen LogP contribution >= 0.6 is 0 Å². The number of hydrogen-bond acceptors (Lipinski definition) is 3. The first-order valence-corrected chi connectivity index (χ1v) is 10.3. The zero-order valence-corrected chi connectivity index (χ0v) is 19.0. The smallest absolute Gasteiger partial charge is 0.339 e. The quantitative estimate of drug-likeness (QED) is 0.427. The predicted octanol–water partition coefficient (Wildman–Crippen LogP) is 6.62. The van der Waals surface area contributed by atoms with Gasteiger partial charge in [-0.25, -0.2) is 4.79 Å². The zero-order chi connectivity index (χ0) is 22.4. The molecule has 0 fully saturated rings. The van der Waals surface area contributed by atoms with Crippen LogP contribution in [-0.4, -0.2) is 22.0 Å². The zero-order valence-electron chi connectivity index (χ0n) is 19.0. The summed E-state index contributed by atoms with van der Waals surface area (Å²) >= 11 is 0. The molecule has 0 saturated carbocycles. The Kier molecular flexibility index (Phi) is 8.87. The van der Waals surface area contributed by atoms with Crippen LogP contribution in [0.4, 0.5) is 0 Å². The van der Waals surface area contributed by atoms with Gasteiger partial charge in [-0.15, -0.1) is 0 Å². The van der Waals surface area contributed by atoms with E-state index in [0.717, 1.165) is 25.7 Å². The van der Waals surface area contributed by atoms with Crippen LogP contribution in [0.2, 0.25) is 0 Å². The molecule has 0 aromatic rings. The molecule has 0 heterocycles. The lowest BCUT2D eigenvalue weighted by molar-refractivity contribution is -0.133. The molecular weight excluding hydrogens is 364 g/mol. The average molecular weight is 401 g/mol. The minimum Gasteiger partial charge on any atom is -0.507 e. The molecule has 0 bridgehead atoms. The van der Waals surface area contributed by atoms with Gasteiger partial charge in [0.05, 0.1) is 5.41 Å². The summed E-state index contributed by atoms with van der Waals surface area (Å²) in [5.74, 6) is -1.82. The third-order valence-electron chi connectivity index (χ3n) is 5.83. The summed E-state index contributed by atoms with van der Waals surface area (Å²) < 4.78 is 0. The number of ketones is 1. The van der Waals surface area contributed by atoms with Gasteiger partial charge in [-0.1, -0.05) is 34.9 Å². The first kappa shape index (κ1) is 24.7. The van der Waals surface area contributed by atoms with Crippen LogP contribution < -0.4 is 0 Å². The Morgan fingerprint density at radius 3 is 2.00 bits per heavy atom. The van der Waals surface area contributed by atoms with Gasteiger partial charge in [-0.05, 0) is 86.1 Å². The van der Waals surface area contributed by atoms with E-state index in [1.165, 1.54) is 23.6 Å². The fraction of sp³-hybridized carbons (Fsp3) is 0.520. The standard InChI is InChI=1S/C25H36O4/c1-16(2)10-8-11-17(3)12-9-13-18(4)14-15-25(7)20(6)21(24(28)29)22(26)19(5)23(25)27/h10,12,14,26H,8-9,11,13,15H2,1-7H3,(H,28,29)/b17-12+,18-14+. The molecule has 4 nitrogen and oxygen atoms in total. The van der Waals surface area contributed by atoms with E-state index >= 15 is 0 Å². The van der Waals surface area contributed by atoms with Crippen molar-refractivity contribution >= 4 is 11.8 Å². The number of hydrogen-bond donors (Lipinski definition) is 2. The van der Waals surface area contributed by atoms with E-state index in [0.29, 0.717) is 12.0 Å². The van der Waals surface area contributed by atoms with Crippen molar-refractivity contribution in [2.45, 2.75) is 80.6 Å². The van der Waals surface area contributed by atoms with Crippen LogP contribution in [-0.2, 0) is 9.59 Å². The molecule has 1 atom stereocenters. The summed E-state index contributed by atoms with van der Waals surface area (Å²) in [5.41, 5.74) is 3.34. The van der Waals surface area contributed by atoms with E-state index in [-0.39, 0.29) is 16.9 Å². The lowest BCUT2D eigenvalue weighted by Crippen LogP contribution is -2.36. The molecule has 0 aromatic heterocycles. The van der Waals surface area contributed by atoms with E-state index in [9.17, 15) is 19.8 Å². The normalized spacial score (nSPS) is 21.0. The summed E-state index contributed by atoms with van der Waals surface area (Å²) in [6.07, 6.45) is 11.0. The summed E-state index contributed by atoms with van der Waals surface area (Å²) in [5, 5.41) is 19.6. The van der Waals surface area contributed by atoms with Crippen LogP contribution in [0.5, 0.6) is 0 Å². The Hall–Kier alpha value is -2.36. The topological polar surface area (TPSA) is 74.6 Å². The molecule has 160 valence electrons. The van der Waals surface area contributed by atoms with Crippen molar-refractivity contribution in [3.8, 4) is 0 Å². The second kappa shape index (κ2) is 10.4. The SMILES string of the molecule is CC(C)=CCC/C(C)=C/CC/C(C)=C/CC1(C)C(=O)C(C)=C(O)C(C(=O)O)=C1C. The largest absolute Gasteiger partial charge is 0.507 e. The highest BCUT2D eigenvalue weighted by atomic mass is 16.4. The predicted molar refractivity (Wildman–Crippen MR) is 119 cm³/mol. The third kappa shape index (κ3) is 6.31. The molecule has 0 aliphatic heterocycles. The van der Waals surface area contributed by atoms with Gasteiger partial charge in [0.15, 0.2) is 5.78 Å². The minimum absolute atomic E-state index is 0.122. The van der Waals surface area contributed by atoms with E-state index in [1.54, 1.807) is 13.8 Å². The number of carboxylic acids is 1. The molecule has 0 aromatic carbocycles. The Morgan fingerprint density at radius 2 is 1.48 bits per heavy atom. The van der Waals surface area contributed by atoms with Crippen molar-refractivity contribution in [3.05, 3.63) is 57.4 Å². The van der Waals surface area contributed by atoms with Gasteiger partial charge in [0.1, 0.15) is 11.3 Å². The molecule has 1 rings (SSSR count). The second-order valence-corrected chi connectivity index (χ2v) is 8.60. The van der Waals surface area contributed by atoms with Gasteiger partial charge in [-0.2, -0.15) is 0 Å². The number of carbonyl (C=O) groups is 2. The number of aliphatic carboxylic acids is 1. The van der Waals surface area contributed by atoms with Gasteiger partial charge >= 0.3 is 5.97 Å². The summed E-state index contributed by atoms with van der Waals surface area (Å²) in [6, 6.07) is 0. The number of carboxylic acid groups (broad SMARTS) is 1. The fourth-order valence-corrected chi connectivity index (χ4v) is 3.56. The van der Waals surface area contributed by atoms with Crippen LogP contribution in [0.1, 0.15) is 80.6 Å². The lowest BCUT2D eigenvalue weighted by atomic mass is 9.68. The van der Waals surface area contributed by atoms with Gasteiger partial charge in [0.2, 0.25) is 0 Å². The maximum Gasteiger partial charge on any atom is 0.339 e. The second-order valence-electron chi connectivity index (χ2n) is 8.60. The molecule has 0 spiro atoms. The summed E-state index contributed by atoms with van der Waals surface area (Å²) in [6.45, 7) is 13.3. The molecule has 1 aliphatic rings. The van der Waals surface area contributed by atoms with Crippen molar-refractivity contribution in [2.24, 2.45) is 5.41 Å². The Labute approximate surface area is 175 Å². The lowest BCUT2D eigenvalue weighted by Gasteiger charge is -2.34. The first-order chi connectivity index (χ1) is 13.4. The van der Waals surface area contributed by atoms with Gasteiger partial charge in [-0.3, -0.25) is 4.79 Å². The molecule has 1 unspecified atom stereocenters. The van der Waals surface area contributed by atoms with Crippen molar-refractivity contribution < 1.29 is 19.8 Å². The average Bonchev–Trinajstić information content (AvgIpc) is 2.63. The number of rotatable bonds is 9. The number of Topliss-reactive ketones (excluding diaryl/α,β-unsaturated/α-hetero) is 1. The van der Waals surface area contributed by atoms with E-state index in [1.807, 2.05) is 13.0 Å². The molecular formula is C25H36O4. The van der Waals surface area contributed by atoms with E-state index in [2.05, 4.69) is 32.9 Å². The van der Waals surface area contributed by atoms with Gasteiger partial charge < -0.3 is 10.2 Å². The Bertz CT molecular complexity index is 814. The number of allylic oxidation sites excluding steroid dienone is 8. The van der Waals surface area contributed by atoms with Crippen LogP contribution in [0, 0.1) is 5.41 Å². The van der Waals surface area contributed by atoms with Crippen molar-refractivity contribution in [3.63, 3.8) is 0 Å². The van der Waals surface area contributed by atoms with E-state index in [4.69, 9.17) is 0 Å².